The van der Waals surface area contributed by atoms with Gasteiger partial charge in [-0.1, -0.05) is 15.9 Å². The van der Waals surface area contributed by atoms with E-state index in [1.54, 1.807) is 0 Å². The first kappa shape index (κ1) is 14.5. The molecule has 0 saturated heterocycles. The number of hydrogen-bond donors (Lipinski definition) is 1. The normalized spacial score (nSPS) is 10.6. The third-order valence-corrected chi connectivity index (χ3v) is 5.15. The van der Waals surface area contributed by atoms with Crippen molar-refractivity contribution >= 4 is 37.7 Å². The zero-order chi connectivity index (χ0) is 14.2. The van der Waals surface area contributed by atoms with Crippen LogP contribution in [0.2, 0.25) is 0 Å². The molecule has 100 valence electrons. The quantitative estimate of drug-likeness (QED) is 0.819. The van der Waals surface area contributed by atoms with E-state index in [2.05, 4.69) is 73.1 Å². The van der Waals surface area contributed by atoms with Gasteiger partial charge in [0.25, 0.3) is 0 Å². The van der Waals surface area contributed by atoms with Gasteiger partial charge in [0.1, 0.15) is 5.82 Å². The fourth-order valence-electron chi connectivity index (χ4n) is 1.93. The molecule has 1 heterocycles. The molecule has 2 aromatic rings. The van der Waals surface area contributed by atoms with Gasteiger partial charge in [-0.2, -0.15) is 0 Å². The maximum absolute atomic E-state index is 4.55. The van der Waals surface area contributed by atoms with Gasteiger partial charge in [0.2, 0.25) is 0 Å². The topological polar surface area (TPSA) is 37.8 Å². The summed E-state index contributed by atoms with van der Waals surface area (Å²) in [7, 11) is 1.86. The van der Waals surface area contributed by atoms with Crippen LogP contribution in [0.4, 0.5) is 5.82 Å². The summed E-state index contributed by atoms with van der Waals surface area (Å²) in [5, 5.41) is 3.08. The van der Waals surface area contributed by atoms with Crippen LogP contribution in [0.5, 0.6) is 0 Å². The summed E-state index contributed by atoms with van der Waals surface area (Å²) < 4.78 is 2.04. The molecule has 0 spiro atoms. The lowest BCUT2D eigenvalue weighted by Gasteiger charge is -2.11. The van der Waals surface area contributed by atoms with Crippen molar-refractivity contribution in [1.82, 2.24) is 9.97 Å². The minimum atomic E-state index is 0.740. The number of anilines is 1. The summed E-state index contributed by atoms with van der Waals surface area (Å²) in [6.07, 6.45) is 0. The third-order valence-electron chi connectivity index (χ3n) is 2.95. The molecule has 0 unspecified atom stereocenters. The molecule has 1 aromatic carbocycles. The number of aryl methyl sites for hydroxylation is 3. The van der Waals surface area contributed by atoms with Crippen LogP contribution in [0, 0.1) is 20.8 Å². The SMILES string of the molecule is CNc1nc(-c2cc(C)c(Br)c(C)c2)nc(C)c1Br. The lowest BCUT2D eigenvalue weighted by molar-refractivity contribution is 1.09. The number of aromatic nitrogens is 2. The lowest BCUT2D eigenvalue weighted by Crippen LogP contribution is -2.01. The van der Waals surface area contributed by atoms with E-state index in [4.69, 9.17) is 0 Å². The van der Waals surface area contributed by atoms with E-state index in [-0.39, 0.29) is 0 Å². The van der Waals surface area contributed by atoms with Gasteiger partial charge in [-0.25, -0.2) is 9.97 Å². The van der Waals surface area contributed by atoms with Gasteiger partial charge >= 0.3 is 0 Å². The molecule has 0 aliphatic heterocycles. The summed E-state index contributed by atoms with van der Waals surface area (Å²) in [4.78, 5) is 9.10. The van der Waals surface area contributed by atoms with Crippen molar-refractivity contribution in [2.24, 2.45) is 0 Å². The molecule has 0 radical (unpaired) electrons. The maximum atomic E-state index is 4.55. The molecule has 0 aliphatic rings. The Bertz CT molecular complexity index is 616. The second kappa shape index (κ2) is 5.59. The van der Waals surface area contributed by atoms with E-state index in [1.165, 1.54) is 11.1 Å². The van der Waals surface area contributed by atoms with Crippen LogP contribution in [0.15, 0.2) is 21.1 Å². The molecule has 19 heavy (non-hydrogen) atoms. The van der Waals surface area contributed by atoms with Crippen molar-refractivity contribution in [3.05, 3.63) is 37.9 Å². The first-order chi connectivity index (χ1) is 8.93. The minimum Gasteiger partial charge on any atom is -0.372 e. The van der Waals surface area contributed by atoms with Gasteiger partial charge in [-0.3, -0.25) is 0 Å². The monoisotopic (exact) mass is 383 g/mol. The second-order valence-electron chi connectivity index (χ2n) is 4.47. The molecule has 5 heteroatoms. The van der Waals surface area contributed by atoms with Crippen molar-refractivity contribution in [2.45, 2.75) is 20.8 Å². The summed E-state index contributed by atoms with van der Waals surface area (Å²) in [5.41, 5.74) is 4.33. The number of nitrogens with one attached hydrogen (secondary N) is 1. The summed E-state index contributed by atoms with van der Waals surface area (Å²) in [6.45, 7) is 6.12. The van der Waals surface area contributed by atoms with Gasteiger partial charge in [-0.05, 0) is 60.0 Å². The van der Waals surface area contributed by atoms with Gasteiger partial charge < -0.3 is 5.32 Å². The Morgan fingerprint density at radius 1 is 0.947 bits per heavy atom. The highest BCUT2D eigenvalue weighted by Crippen LogP contribution is 2.30. The zero-order valence-electron chi connectivity index (χ0n) is 11.3. The Balaban J connectivity index is 2.62. The number of hydrogen-bond acceptors (Lipinski definition) is 3. The van der Waals surface area contributed by atoms with E-state index in [0.717, 1.165) is 31.8 Å². The van der Waals surface area contributed by atoms with Crippen LogP contribution in [-0.2, 0) is 0 Å². The molecule has 0 bridgehead atoms. The predicted octanol–water partition coefficient (Wildman–Crippen LogP) is 4.64. The molecule has 0 fully saturated rings. The smallest absolute Gasteiger partial charge is 0.161 e. The summed E-state index contributed by atoms with van der Waals surface area (Å²) >= 11 is 7.07. The number of benzene rings is 1. The van der Waals surface area contributed by atoms with Crippen molar-refractivity contribution in [3.63, 3.8) is 0 Å². The number of rotatable bonds is 2. The fraction of sp³-hybridized carbons (Fsp3) is 0.286. The predicted molar refractivity (Wildman–Crippen MR) is 86.6 cm³/mol. The van der Waals surface area contributed by atoms with Gasteiger partial charge in [0, 0.05) is 17.1 Å². The first-order valence-corrected chi connectivity index (χ1v) is 7.51. The van der Waals surface area contributed by atoms with Crippen molar-refractivity contribution in [1.29, 1.82) is 0 Å². The molecule has 0 atom stereocenters. The number of nitrogens with zero attached hydrogens (tertiary/aromatic N) is 2. The second-order valence-corrected chi connectivity index (χ2v) is 6.06. The average Bonchev–Trinajstić information content (AvgIpc) is 2.38. The average molecular weight is 385 g/mol. The van der Waals surface area contributed by atoms with Crippen molar-refractivity contribution in [2.75, 3.05) is 12.4 Å². The van der Waals surface area contributed by atoms with Gasteiger partial charge in [0.05, 0.1) is 10.2 Å². The van der Waals surface area contributed by atoms with Gasteiger partial charge in [-0.15, -0.1) is 0 Å². The summed E-state index contributed by atoms with van der Waals surface area (Å²) in [6, 6.07) is 4.19. The Morgan fingerprint density at radius 2 is 1.53 bits per heavy atom. The zero-order valence-corrected chi connectivity index (χ0v) is 14.5. The van der Waals surface area contributed by atoms with E-state index >= 15 is 0 Å². The highest BCUT2D eigenvalue weighted by Gasteiger charge is 2.11. The van der Waals surface area contributed by atoms with E-state index in [0.29, 0.717) is 0 Å². The Labute approximate surface area is 130 Å². The molecular formula is C14H15Br2N3. The molecule has 3 nitrogen and oxygen atoms in total. The third kappa shape index (κ3) is 2.82. The van der Waals surface area contributed by atoms with E-state index in [9.17, 15) is 0 Å². The van der Waals surface area contributed by atoms with Gasteiger partial charge in [0.15, 0.2) is 5.82 Å². The Hall–Kier alpha value is -0.940. The van der Waals surface area contributed by atoms with Crippen molar-refractivity contribution in [3.8, 4) is 11.4 Å². The summed E-state index contributed by atoms with van der Waals surface area (Å²) in [5.74, 6) is 1.55. The fourth-order valence-corrected chi connectivity index (χ4v) is 2.53. The molecular weight excluding hydrogens is 370 g/mol. The largest absolute Gasteiger partial charge is 0.372 e. The van der Waals surface area contributed by atoms with E-state index in [1.807, 2.05) is 14.0 Å². The molecule has 1 N–H and O–H groups in total. The molecule has 1 aromatic heterocycles. The molecule has 2 rings (SSSR count). The van der Waals surface area contributed by atoms with Crippen LogP contribution >= 0.6 is 31.9 Å². The molecule has 0 saturated carbocycles. The molecule has 0 amide bonds. The first-order valence-electron chi connectivity index (χ1n) is 5.93. The maximum Gasteiger partial charge on any atom is 0.161 e. The van der Waals surface area contributed by atoms with Crippen LogP contribution in [0.1, 0.15) is 16.8 Å². The van der Waals surface area contributed by atoms with Crippen molar-refractivity contribution < 1.29 is 0 Å². The van der Waals surface area contributed by atoms with Crippen LogP contribution in [-0.4, -0.2) is 17.0 Å². The Morgan fingerprint density at radius 3 is 2.05 bits per heavy atom. The van der Waals surface area contributed by atoms with Crippen LogP contribution in [0.25, 0.3) is 11.4 Å². The molecule has 0 aliphatic carbocycles. The minimum absolute atomic E-state index is 0.740. The van der Waals surface area contributed by atoms with Crippen LogP contribution in [0.3, 0.4) is 0 Å². The standard InChI is InChI=1S/C14H15Br2N3/c1-7-5-10(6-8(2)11(7)15)13-18-9(3)12(16)14(17-4)19-13/h5-6H,1-4H3,(H,17,18,19). The highest BCUT2D eigenvalue weighted by atomic mass is 79.9. The van der Waals surface area contributed by atoms with E-state index < -0.39 is 0 Å². The lowest BCUT2D eigenvalue weighted by atomic mass is 10.1. The Kier molecular flexibility index (Phi) is 4.26. The highest BCUT2D eigenvalue weighted by molar-refractivity contribution is 9.11. The number of halogens is 2. The van der Waals surface area contributed by atoms with Crippen LogP contribution < -0.4 is 5.32 Å².